The first kappa shape index (κ1) is 19.0. The van der Waals surface area contributed by atoms with Crippen molar-refractivity contribution in [3.63, 3.8) is 0 Å². The number of likely N-dealkylation sites (tertiary alicyclic amines) is 1. The van der Waals surface area contributed by atoms with Crippen LogP contribution in [0.15, 0.2) is 48.5 Å². The van der Waals surface area contributed by atoms with Gasteiger partial charge in [0.1, 0.15) is 11.4 Å². The summed E-state index contributed by atoms with van der Waals surface area (Å²) < 4.78 is 5.32. The predicted octanol–water partition coefficient (Wildman–Crippen LogP) is 3.79. The second-order valence-corrected chi connectivity index (χ2v) is 7.32. The Labute approximate surface area is 160 Å². The van der Waals surface area contributed by atoms with E-state index in [0.29, 0.717) is 5.56 Å². The van der Waals surface area contributed by atoms with Gasteiger partial charge in [-0.1, -0.05) is 24.0 Å². The molecule has 1 saturated heterocycles. The lowest BCUT2D eigenvalue weighted by atomic mass is 10.0. The molecule has 2 aromatic rings. The van der Waals surface area contributed by atoms with Gasteiger partial charge in [0.2, 0.25) is 0 Å². The highest BCUT2D eigenvalue weighted by Gasteiger charge is 2.30. The molecule has 0 spiro atoms. The van der Waals surface area contributed by atoms with E-state index < -0.39 is 5.60 Å². The van der Waals surface area contributed by atoms with Crippen molar-refractivity contribution in [1.82, 2.24) is 4.90 Å². The molecule has 1 amide bonds. The van der Waals surface area contributed by atoms with Gasteiger partial charge in [-0.25, -0.2) is 0 Å². The van der Waals surface area contributed by atoms with Gasteiger partial charge in [-0.3, -0.25) is 4.79 Å². The Bertz CT molecular complexity index is 869. The lowest BCUT2D eigenvalue weighted by Crippen LogP contribution is -2.30. The van der Waals surface area contributed by atoms with Gasteiger partial charge < -0.3 is 14.7 Å². The molecule has 1 aliphatic rings. The Morgan fingerprint density at radius 2 is 1.96 bits per heavy atom. The second-order valence-electron chi connectivity index (χ2n) is 7.32. The van der Waals surface area contributed by atoms with Crippen LogP contribution in [0.4, 0.5) is 0 Å². The number of amides is 1. The van der Waals surface area contributed by atoms with Crippen molar-refractivity contribution in [3.05, 3.63) is 65.2 Å². The van der Waals surface area contributed by atoms with E-state index in [4.69, 9.17) is 4.74 Å². The molecule has 1 atom stereocenters. The Hall–Kier alpha value is -2.77. The van der Waals surface area contributed by atoms with E-state index >= 15 is 0 Å². The first-order valence-corrected chi connectivity index (χ1v) is 9.18. The second kappa shape index (κ2) is 7.85. The molecule has 3 rings (SSSR count). The van der Waals surface area contributed by atoms with E-state index in [1.165, 1.54) is 0 Å². The van der Waals surface area contributed by atoms with E-state index in [0.717, 1.165) is 36.3 Å². The summed E-state index contributed by atoms with van der Waals surface area (Å²) in [5.41, 5.74) is 1.50. The number of ether oxygens (including phenoxy) is 1. The Kier molecular flexibility index (Phi) is 5.53. The molecule has 1 heterocycles. The van der Waals surface area contributed by atoms with Gasteiger partial charge in [0.25, 0.3) is 5.91 Å². The molecule has 1 fully saturated rings. The van der Waals surface area contributed by atoms with Crippen molar-refractivity contribution in [2.24, 2.45) is 0 Å². The van der Waals surface area contributed by atoms with Crippen LogP contribution in [0.5, 0.6) is 5.75 Å². The zero-order valence-electron chi connectivity index (χ0n) is 16.0. The molecule has 4 nitrogen and oxygen atoms in total. The SMILES string of the molecule is COc1cccc(C2CCCN2C(=O)c2ccc(C#CC(C)(C)O)cc2)c1. The van der Waals surface area contributed by atoms with Crippen LogP contribution in [0.1, 0.15) is 54.2 Å². The molecule has 2 aromatic carbocycles. The minimum atomic E-state index is -1.03. The standard InChI is InChI=1S/C23H25NO3/c1-23(2,26)14-13-17-9-11-18(12-10-17)22(25)24-15-5-8-21(24)19-6-4-7-20(16-19)27-3/h4,6-7,9-12,16,21,26H,5,8,15H2,1-3H3. The predicted molar refractivity (Wildman–Crippen MR) is 106 cm³/mol. The number of nitrogens with zero attached hydrogens (tertiary/aromatic N) is 1. The van der Waals surface area contributed by atoms with Crippen LogP contribution in [0.2, 0.25) is 0 Å². The van der Waals surface area contributed by atoms with Crippen LogP contribution in [0.25, 0.3) is 0 Å². The summed E-state index contributed by atoms with van der Waals surface area (Å²) >= 11 is 0. The quantitative estimate of drug-likeness (QED) is 0.844. The summed E-state index contributed by atoms with van der Waals surface area (Å²) in [7, 11) is 1.65. The average Bonchev–Trinajstić information content (AvgIpc) is 3.15. The average molecular weight is 363 g/mol. The normalized spacial score (nSPS) is 16.6. The zero-order chi connectivity index (χ0) is 19.4. The van der Waals surface area contributed by atoms with Crippen molar-refractivity contribution in [2.45, 2.75) is 38.3 Å². The number of benzene rings is 2. The smallest absolute Gasteiger partial charge is 0.254 e. The van der Waals surface area contributed by atoms with Crippen LogP contribution in [-0.2, 0) is 0 Å². The topological polar surface area (TPSA) is 49.8 Å². The van der Waals surface area contributed by atoms with Gasteiger partial charge in [-0.15, -0.1) is 0 Å². The minimum absolute atomic E-state index is 0.0299. The van der Waals surface area contributed by atoms with Gasteiger partial charge >= 0.3 is 0 Å². The first-order chi connectivity index (χ1) is 12.9. The lowest BCUT2D eigenvalue weighted by molar-refractivity contribution is 0.0735. The third-order valence-electron chi connectivity index (χ3n) is 4.64. The van der Waals surface area contributed by atoms with Crippen LogP contribution >= 0.6 is 0 Å². The van der Waals surface area contributed by atoms with Crippen molar-refractivity contribution in [1.29, 1.82) is 0 Å². The van der Waals surface area contributed by atoms with E-state index in [9.17, 15) is 9.90 Å². The summed E-state index contributed by atoms with van der Waals surface area (Å²) in [6.07, 6.45) is 1.94. The van der Waals surface area contributed by atoms with E-state index in [2.05, 4.69) is 11.8 Å². The maximum absolute atomic E-state index is 13.0. The number of hydrogen-bond donors (Lipinski definition) is 1. The molecule has 1 unspecified atom stereocenters. The summed E-state index contributed by atoms with van der Waals surface area (Å²) in [5.74, 6) is 6.55. The van der Waals surface area contributed by atoms with Crippen molar-refractivity contribution >= 4 is 5.91 Å². The van der Waals surface area contributed by atoms with Crippen LogP contribution in [0.3, 0.4) is 0 Å². The van der Waals surface area contributed by atoms with Crippen molar-refractivity contribution in [3.8, 4) is 17.6 Å². The van der Waals surface area contributed by atoms with E-state index in [-0.39, 0.29) is 11.9 Å². The molecule has 0 aliphatic carbocycles. The van der Waals surface area contributed by atoms with Crippen LogP contribution < -0.4 is 4.74 Å². The fourth-order valence-electron chi connectivity index (χ4n) is 3.29. The summed E-state index contributed by atoms with van der Waals surface area (Å²) in [5, 5.41) is 9.70. The Morgan fingerprint density at radius 1 is 1.22 bits per heavy atom. The van der Waals surface area contributed by atoms with Crippen molar-refractivity contribution in [2.75, 3.05) is 13.7 Å². The maximum atomic E-state index is 13.0. The third-order valence-corrected chi connectivity index (χ3v) is 4.64. The van der Waals surface area contributed by atoms with Gasteiger partial charge in [0, 0.05) is 17.7 Å². The highest BCUT2D eigenvalue weighted by Crippen LogP contribution is 2.34. The number of rotatable bonds is 3. The third kappa shape index (κ3) is 4.69. The fourth-order valence-corrected chi connectivity index (χ4v) is 3.29. The number of aliphatic hydroxyl groups is 1. The maximum Gasteiger partial charge on any atom is 0.254 e. The molecule has 0 bridgehead atoms. The van der Waals surface area contributed by atoms with E-state index in [1.54, 1.807) is 33.1 Å². The molecule has 0 aromatic heterocycles. The summed E-state index contributed by atoms with van der Waals surface area (Å²) in [6, 6.07) is 15.3. The van der Waals surface area contributed by atoms with E-state index in [1.807, 2.05) is 41.3 Å². The molecular weight excluding hydrogens is 338 g/mol. The number of carbonyl (C=O) groups is 1. The van der Waals surface area contributed by atoms with Crippen LogP contribution in [0, 0.1) is 11.8 Å². The first-order valence-electron chi connectivity index (χ1n) is 9.18. The minimum Gasteiger partial charge on any atom is -0.497 e. The monoisotopic (exact) mass is 363 g/mol. The van der Waals surface area contributed by atoms with Gasteiger partial charge in [0.05, 0.1) is 13.2 Å². The zero-order valence-corrected chi connectivity index (χ0v) is 16.0. The molecule has 1 N–H and O–H groups in total. The molecule has 0 radical (unpaired) electrons. The fraction of sp³-hybridized carbons (Fsp3) is 0.348. The largest absolute Gasteiger partial charge is 0.497 e. The Balaban J connectivity index is 1.78. The van der Waals surface area contributed by atoms with Crippen LogP contribution in [-0.4, -0.2) is 35.2 Å². The van der Waals surface area contributed by atoms with Gasteiger partial charge in [0.15, 0.2) is 0 Å². The highest BCUT2D eigenvalue weighted by molar-refractivity contribution is 5.94. The number of carbonyl (C=O) groups excluding carboxylic acids is 1. The summed E-state index contributed by atoms with van der Waals surface area (Å²) in [6.45, 7) is 4.04. The molecule has 1 aliphatic heterocycles. The molecular formula is C23H25NO3. The molecule has 140 valence electrons. The highest BCUT2D eigenvalue weighted by atomic mass is 16.5. The summed E-state index contributed by atoms with van der Waals surface area (Å²) in [4.78, 5) is 15.0. The Morgan fingerprint density at radius 3 is 2.63 bits per heavy atom. The number of hydrogen-bond acceptors (Lipinski definition) is 3. The number of methoxy groups -OCH3 is 1. The lowest BCUT2D eigenvalue weighted by Gasteiger charge is -2.25. The van der Waals surface area contributed by atoms with Gasteiger partial charge in [-0.05, 0) is 68.7 Å². The van der Waals surface area contributed by atoms with Crippen molar-refractivity contribution < 1.29 is 14.6 Å². The van der Waals surface area contributed by atoms with Gasteiger partial charge in [-0.2, -0.15) is 0 Å². The molecule has 0 saturated carbocycles. The molecule has 4 heteroatoms. The molecule has 27 heavy (non-hydrogen) atoms.